The van der Waals surface area contributed by atoms with Crippen LogP contribution in [-0.4, -0.2) is 35.0 Å². The number of hydrogen-bond acceptors (Lipinski definition) is 7. The molecular weight excluding hydrogens is 715 g/mol. The Morgan fingerprint density at radius 1 is 0.906 bits per heavy atom. The van der Waals surface area contributed by atoms with Gasteiger partial charge in [-0.15, -0.1) is 0 Å². The molecule has 53 heavy (non-hydrogen) atoms. The van der Waals surface area contributed by atoms with E-state index in [0.29, 0.717) is 57.9 Å². The SMILES string of the molecule is N#Cc1ccc(-c2ccc(C[C@H](NC(=O)C3Cc4cc5c(cc4CN3)O[C@@H](c3ccc(OCc4ccc(Cl)c(Cl)c4)cc3)C(=O)N5)C(=O)O)cc2)cc1. The maximum absolute atomic E-state index is 13.3. The van der Waals surface area contributed by atoms with Gasteiger partial charge in [0.15, 0.2) is 0 Å². The molecule has 0 radical (unpaired) electrons. The van der Waals surface area contributed by atoms with Crippen LogP contribution in [0.2, 0.25) is 10.0 Å². The number of anilines is 1. The molecule has 7 rings (SSSR count). The third kappa shape index (κ3) is 8.13. The molecule has 3 atom stereocenters. The maximum Gasteiger partial charge on any atom is 0.326 e. The van der Waals surface area contributed by atoms with Crippen molar-refractivity contribution in [3.8, 4) is 28.7 Å². The highest BCUT2D eigenvalue weighted by atomic mass is 35.5. The molecule has 2 aliphatic rings. The minimum Gasteiger partial charge on any atom is -0.489 e. The Hall–Kier alpha value is -5.86. The largest absolute Gasteiger partial charge is 0.489 e. The van der Waals surface area contributed by atoms with E-state index in [2.05, 4.69) is 22.0 Å². The number of carboxylic acids is 1. The van der Waals surface area contributed by atoms with Crippen LogP contribution in [0, 0.1) is 11.3 Å². The number of amides is 2. The van der Waals surface area contributed by atoms with Gasteiger partial charge in [-0.25, -0.2) is 4.79 Å². The van der Waals surface area contributed by atoms with E-state index < -0.39 is 30.1 Å². The standard InChI is InChI=1S/C41H32Cl2N4O6/c42-32-14-5-25(15-33(32)43)22-52-31-12-10-28(11-13-31)38-40(49)46-34-17-29-18-35(45-21-30(29)19-37(34)53-38)39(48)47-36(41(50)51)16-23-1-6-26(7-2-23)27-8-3-24(20-44)4-9-27/h1-15,17,19,35-36,38,45H,16,18,21-22H2,(H,46,49)(H,47,48)(H,50,51)/t35?,36-,38-/m0/s1. The Morgan fingerprint density at radius 3 is 2.28 bits per heavy atom. The minimum absolute atomic E-state index is 0.102. The second-order valence-corrected chi connectivity index (χ2v) is 13.7. The highest BCUT2D eigenvalue weighted by Crippen LogP contribution is 2.38. The number of ether oxygens (including phenoxy) is 2. The summed E-state index contributed by atoms with van der Waals surface area (Å²) in [6.07, 6.45) is -0.479. The first kappa shape index (κ1) is 35.5. The van der Waals surface area contributed by atoms with Crippen LogP contribution in [0.1, 0.15) is 39.5 Å². The molecule has 1 unspecified atom stereocenters. The van der Waals surface area contributed by atoms with Gasteiger partial charge >= 0.3 is 5.97 Å². The molecule has 266 valence electrons. The number of aliphatic carboxylic acids is 1. The number of nitrogens with zero attached hydrogens (tertiary/aromatic N) is 1. The van der Waals surface area contributed by atoms with Crippen LogP contribution in [0.5, 0.6) is 11.5 Å². The number of fused-ring (bicyclic) bond motifs is 2. The normalized spacial score (nSPS) is 16.5. The summed E-state index contributed by atoms with van der Waals surface area (Å²) in [6, 6.07) is 31.0. The number of carbonyl (C=O) groups excluding carboxylic acids is 2. The van der Waals surface area contributed by atoms with Gasteiger partial charge < -0.3 is 30.5 Å². The van der Waals surface area contributed by atoms with Gasteiger partial charge in [0.1, 0.15) is 24.1 Å². The quantitative estimate of drug-likeness (QED) is 0.119. The molecule has 0 saturated heterocycles. The predicted octanol–water partition coefficient (Wildman–Crippen LogP) is 7.01. The van der Waals surface area contributed by atoms with Gasteiger partial charge in [0, 0.05) is 18.5 Å². The summed E-state index contributed by atoms with van der Waals surface area (Å²) in [5.74, 6) is -0.785. The fourth-order valence-electron chi connectivity index (χ4n) is 6.34. The third-order valence-electron chi connectivity index (χ3n) is 9.25. The molecule has 10 nitrogen and oxygen atoms in total. The molecule has 5 aromatic rings. The number of hydrogen-bond donors (Lipinski definition) is 4. The van der Waals surface area contributed by atoms with Crippen LogP contribution in [0.4, 0.5) is 5.69 Å². The minimum atomic E-state index is -1.14. The lowest BCUT2D eigenvalue weighted by molar-refractivity contribution is -0.142. The summed E-state index contributed by atoms with van der Waals surface area (Å²) in [5, 5.41) is 28.8. The molecular formula is C41H32Cl2N4O6. The zero-order chi connectivity index (χ0) is 37.1. The van der Waals surface area contributed by atoms with Gasteiger partial charge in [-0.05, 0) is 88.3 Å². The van der Waals surface area contributed by atoms with Crippen molar-refractivity contribution in [3.63, 3.8) is 0 Å². The molecule has 4 N–H and O–H groups in total. The molecule has 12 heteroatoms. The maximum atomic E-state index is 13.3. The first-order valence-corrected chi connectivity index (χ1v) is 17.5. The van der Waals surface area contributed by atoms with E-state index in [1.54, 1.807) is 48.5 Å². The van der Waals surface area contributed by atoms with Gasteiger partial charge in [-0.3, -0.25) is 9.59 Å². The third-order valence-corrected chi connectivity index (χ3v) is 9.99. The van der Waals surface area contributed by atoms with E-state index >= 15 is 0 Å². The van der Waals surface area contributed by atoms with E-state index in [0.717, 1.165) is 33.4 Å². The first-order chi connectivity index (χ1) is 25.6. The second kappa shape index (κ2) is 15.4. The zero-order valence-corrected chi connectivity index (χ0v) is 29.6. The molecule has 0 aliphatic carbocycles. The van der Waals surface area contributed by atoms with Crippen molar-refractivity contribution in [2.24, 2.45) is 0 Å². The summed E-state index contributed by atoms with van der Waals surface area (Å²) < 4.78 is 12.0. The van der Waals surface area contributed by atoms with Gasteiger partial charge in [-0.2, -0.15) is 5.26 Å². The molecule has 5 aromatic carbocycles. The van der Waals surface area contributed by atoms with Crippen molar-refractivity contribution >= 4 is 46.7 Å². The van der Waals surface area contributed by atoms with E-state index in [4.69, 9.17) is 37.9 Å². The van der Waals surface area contributed by atoms with E-state index in [1.807, 2.05) is 54.6 Å². The van der Waals surface area contributed by atoms with Gasteiger partial charge in [0.05, 0.1) is 33.4 Å². The molecule has 2 heterocycles. The number of nitrogens with one attached hydrogen (secondary N) is 3. The van der Waals surface area contributed by atoms with Crippen LogP contribution in [-0.2, 0) is 40.4 Å². The van der Waals surface area contributed by atoms with Crippen LogP contribution in [0.25, 0.3) is 11.1 Å². The van der Waals surface area contributed by atoms with Crippen molar-refractivity contribution in [3.05, 3.63) is 147 Å². The van der Waals surface area contributed by atoms with Crippen LogP contribution in [0.15, 0.2) is 103 Å². The number of carbonyl (C=O) groups is 3. The number of benzene rings is 5. The van der Waals surface area contributed by atoms with Crippen molar-refractivity contribution in [2.45, 2.75) is 44.2 Å². The fourth-order valence-corrected chi connectivity index (χ4v) is 6.66. The fraction of sp³-hybridized carbons (Fsp3) is 0.171. The highest BCUT2D eigenvalue weighted by molar-refractivity contribution is 6.42. The van der Waals surface area contributed by atoms with Crippen LogP contribution < -0.4 is 25.4 Å². The Balaban J connectivity index is 0.959. The number of carboxylic acid groups (broad SMARTS) is 1. The average molecular weight is 748 g/mol. The second-order valence-electron chi connectivity index (χ2n) is 12.8. The number of nitriles is 1. The topological polar surface area (TPSA) is 150 Å². The average Bonchev–Trinajstić information content (AvgIpc) is 3.17. The Labute approximate surface area is 315 Å². The van der Waals surface area contributed by atoms with Crippen molar-refractivity contribution in [2.75, 3.05) is 5.32 Å². The van der Waals surface area contributed by atoms with E-state index in [1.165, 1.54) is 0 Å². The van der Waals surface area contributed by atoms with Crippen molar-refractivity contribution in [1.29, 1.82) is 5.26 Å². The number of halogens is 2. The predicted molar refractivity (Wildman–Crippen MR) is 200 cm³/mol. The van der Waals surface area contributed by atoms with Crippen LogP contribution in [0.3, 0.4) is 0 Å². The lowest BCUT2D eigenvalue weighted by Gasteiger charge is -2.31. The van der Waals surface area contributed by atoms with E-state index in [-0.39, 0.29) is 12.3 Å². The van der Waals surface area contributed by atoms with Crippen molar-refractivity contribution < 1.29 is 29.0 Å². The Bertz CT molecular complexity index is 2240. The molecule has 0 spiro atoms. The summed E-state index contributed by atoms with van der Waals surface area (Å²) in [5.41, 5.74) is 6.95. The monoisotopic (exact) mass is 746 g/mol. The summed E-state index contributed by atoms with van der Waals surface area (Å²) in [4.78, 5) is 38.7. The highest BCUT2D eigenvalue weighted by Gasteiger charge is 2.33. The smallest absolute Gasteiger partial charge is 0.326 e. The lowest BCUT2D eigenvalue weighted by Crippen LogP contribution is -2.52. The first-order valence-electron chi connectivity index (χ1n) is 16.8. The molecule has 0 aromatic heterocycles. The molecule has 0 fully saturated rings. The van der Waals surface area contributed by atoms with Crippen molar-refractivity contribution in [1.82, 2.24) is 10.6 Å². The van der Waals surface area contributed by atoms with Gasteiger partial charge in [0.25, 0.3) is 5.91 Å². The Morgan fingerprint density at radius 2 is 1.60 bits per heavy atom. The Kier molecular flexibility index (Phi) is 10.3. The van der Waals surface area contributed by atoms with Gasteiger partial charge in [0.2, 0.25) is 12.0 Å². The summed E-state index contributed by atoms with van der Waals surface area (Å²) in [6.45, 7) is 0.644. The molecule has 2 amide bonds. The lowest BCUT2D eigenvalue weighted by atomic mass is 9.93. The molecule has 0 bridgehead atoms. The summed E-state index contributed by atoms with van der Waals surface area (Å²) >= 11 is 12.1. The zero-order valence-electron chi connectivity index (χ0n) is 28.1. The van der Waals surface area contributed by atoms with E-state index in [9.17, 15) is 19.5 Å². The molecule has 2 aliphatic heterocycles. The van der Waals surface area contributed by atoms with Crippen LogP contribution >= 0.6 is 23.2 Å². The number of rotatable bonds is 10. The van der Waals surface area contributed by atoms with Gasteiger partial charge in [-0.1, -0.05) is 77.8 Å². The molecule has 0 saturated carbocycles. The summed E-state index contributed by atoms with van der Waals surface area (Å²) in [7, 11) is 0.